The number of likely N-dealkylation sites (tertiary alicyclic amines) is 1. The van der Waals surface area contributed by atoms with Gasteiger partial charge in [0.2, 0.25) is 0 Å². The highest BCUT2D eigenvalue weighted by atomic mass is 16.3. The van der Waals surface area contributed by atoms with E-state index < -0.39 is 0 Å². The van der Waals surface area contributed by atoms with E-state index in [2.05, 4.69) is 22.1 Å². The van der Waals surface area contributed by atoms with Crippen LogP contribution in [-0.4, -0.2) is 34.5 Å². The molecule has 3 N–H and O–H groups in total. The third-order valence-corrected chi connectivity index (χ3v) is 4.57. The van der Waals surface area contributed by atoms with Crippen LogP contribution < -0.4 is 4.90 Å². The molecule has 2 aromatic rings. The fourth-order valence-electron chi connectivity index (χ4n) is 3.10. The summed E-state index contributed by atoms with van der Waals surface area (Å²) in [4.78, 5) is 10.1. The van der Waals surface area contributed by atoms with Crippen LogP contribution in [0.4, 0.5) is 5.69 Å². The van der Waals surface area contributed by atoms with E-state index in [0.29, 0.717) is 16.8 Å². The molecule has 0 amide bonds. The molecule has 0 unspecified atom stereocenters. The summed E-state index contributed by atoms with van der Waals surface area (Å²) < 4.78 is 0. The number of nitrogens with zero attached hydrogens (tertiary/aromatic N) is 2. The molecule has 0 bridgehead atoms. The molecule has 5 nitrogen and oxygen atoms in total. The normalized spacial score (nSPS) is 15.4. The van der Waals surface area contributed by atoms with Crippen LogP contribution >= 0.6 is 0 Å². The largest absolute Gasteiger partial charge is 0.505 e. The molecule has 1 aliphatic rings. The first-order chi connectivity index (χ1) is 11.7. The number of quaternary nitrogens is 1. The predicted octanol–water partition coefficient (Wildman–Crippen LogP) is 1.52. The maximum absolute atomic E-state index is 10.1. The van der Waals surface area contributed by atoms with Gasteiger partial charge in [-0.05, 0) is 19.1 Å². The molecule has 1 saturated heterocycles. The summed E-state index contributed by atoms with van der Waals surface area (Å²) in [5, 5.41) is 19.5. The molecule has 1 fully saturated rings. The molecule has 126 valence electrons. The van der Waals surface area contributed by atoms with Crippen molar-refractivity contribution in [1.29, 1.82) is 0 Å². The maximum Gasteiger partial charge on any atom is 0.145 e. The van der Waals surface area contributed by atoms with E-state index in [9.17, 15) is 10.2 Å². The van der Waals surface area contributed by atoms with E-state index in [4.69, 9.17) is 0 Å². The summed E-state index contributed by atoms with van der Waals surface area (Å²) in [5.74, 6) is 0.0690. The van der Waals surface area contributed by atoms with Gasteiger partial charge < -0.3 is 15.1 Å². The van der Waals surface area contributed by atoms with Gasteiger partial charge in [-0.1, -0.05) is 12.1 Å². The minimum atomic E-state index is -0.181. The number of benzene rings is 1. The zero-order valence-electron chi connectivity index (χ0n) is 14.0. The third-order valence-electron chi connectivity index (χ3n) is 4.57. The van der Waals surface area contributed by atoms with Crippen LogP contribution in [0.25, 0.3) is 0 Å². The van der Waals surface area contributed by atoms with Crippen molar-refractivity contribution < 1.29 is 15.1 Å². The number of aryl methyl sites for hydroxylation is 1. The fourth-order valence-corrected chi connectivity index (χ4v) is 3.10. The summed E-state index contributed by atoms with van der Waals surface area (Å²) in [7, 11) is 0. The smallest absolute Gasteiger partial charge is 0.145 e. The highest BCUT2D eigenvalue weighted by Crippen LogP contribution is 2.23. The van der Waals surface area contributed by atoms with Crippen molar-refractivity contribution in [2.24, 2.45) is 4.99 Å². The summed E-state index contributed by atoms with van der Waals surface area (Å²) in [6.07, 6.45) is 5.83. The Hall–Kier alpha value is -2.24. The Morgan fingerprint density at radius 3 is 2.58 bits per heavy atom. The van der Waals surface area contributed by atoms with Crippen LogP contribution in [0.3, 0.4) is 0 Å². The first-order valence-electron chi connectivity index (χ1n) is 8.42. The van der Waals surface area contributed by atoms with Crippen molar-refractivity contribution in [2.75, 3.05) is 13.1 Å². The number of aromatic hydroxyl groups is 1. The van der Waals surface area contributed by atoms with Gasteiger partial charge in [0.25, 0.3) is 0 Å². The van der Waals surface area contributed by atoms with Crippen LogP contribution in [0, 0.1) is 6.92 Å². The predicted molar refractivity (Wildman–Crippen MR) is 93.9 cm³/mol. The molecule has 0 radical (unpaired) electrons. The Balaban J connectivity index is 1.74. The molecule has 0 spiro atoms. The molecule has 1 aliphatic heterocycles. The van der Waals surface area contributed by atoms with Crippen LogP contribution in [0.15, 0.2) is 35.5 Å². The molecular formula is C19H24N3O2+. The van der Waals surface area contributed by atoms with Crippen molar-refractivity contribution in [2.45, 2.75) is 32.9 Å². The fraction of sp³-hybridized carbons (Fsp3) is 0.368. The molecule has 1 aromatic carbocycles. The van der Waals surface area contributed by atoms with Crippen molar-refractivity contribution in [1.82, 2.24) is 4.98 Å². The Morgan fingerprint density at radius 2 is 1.92 bits per heavy atom. The first kappa shape index (κ1) is 16.6. The highest BCUT2D eigenvalue weighted by molar-refractivity contribution is 5.87. The van der Waals surface area contributed by atoms with Crippen LogP contribution in [0.2, 0.25) is 0 Å². The summed E-state index contributed by atoms with van der Waals surface area (Å²) in [5.41, 5.74) is 3.77. The molecule has 24 heavy (non-hydrogen) atoms. The zero-order valence-corrected chi connectivity index (χ0v) is 14.0. The van der Waals surface area contributed by atoms with Gasteiger partial charge in [-0.15, -0.1) is 0 Å². The Bertz CT molecular complexity index is 720. The lowest BCUT2D eigenvalue weighted by Crippen LogP contribution is -3.08. The van der Waals surface area contributed by atoms with Gasteiger partial charge >= 0.3 is 0 Å². The second-order valence-corrected chi connectivity index (χ2v) is 6.35. The number of nitrogens with one attached hydrogen (secondary N) is 1. The zero-order chi connectivity index (χ0) is 16.9. The molecule has 0 atom stereocenters. The number of rotatable bonds is 5. The molecule has 5 heteroatoms. The van der Waals surface area contributed by atoms with Gasteiger partial charge in [-0.2, -0.15) is 0 Å². The van der Waals surface area contributed by atoms with Crippen LogP contribution in [-0.2, 0) is 13.2 Å². The van der Waals surface area contributed by atoms with Crippen LogP contribution in [0.5, 0.6) is 5.75 Å². The topological polar surface area (TPSA) is 70.2 Å². The summed E-state index contributed by atoms with van der Waals surface area (Å²) >= 11 is 0. The van der Waals surface area contributed by atoms with E-state index in [0.717, 1.165) is 12.2 Å². The van der Waals surface area contributed by atoms with E-state index in [-0.39, 0.29) is 12.4 Å². The Labute approximate surface area is 142 Å². The highest BCUT2D eigenvalue weighted by Gasteiger charge is 2.15. The average molecular weight is 326 g/mol. The second kappa shape index (κ2) is 7.55. The molecule has 2 heterocycles. The van der Waals surface area contributed by atoms with E-state index >= 15 is 0 Å². The number of aliphatic hydroxyl groups excluding tert-OH is 1. The lowest BCUT2D eigenvalue weighted by atomic mass is 10.1. The standard InChI is InChI=1S/C19H23N3O2/c1-14-19(24)18(16(13-23)10-20-14)11-21-17-6-4-15(5-7-17)12-22-8-2-3-9-22/h4-7,10-11,23-24H,2-3,8-9,12-13H2,1H3/p+1. The third kappa shape index (κ3) is 3.80. The average Bonchev–Trinajstić information content (AvgIpc) is 3.10. The van der Waals surface area contributed by atoms with Crippen molar-refractivity contribution >= 4 is 11.9 Å². The van der Waals surface area contributed by atoms with Gasteiger partial charge in [0.05, 0.1) is 31.1 Å². The Morgan fingerprint density at radius 1 is 1.21 bits per heavy atom. The summed E-state index contributed by atoms with van der Waals surface area (Å²) in [6, 6.07) is 8.21. The lowest BCUT2D eigenvalue weighted by Gasteiger charge is -2.11. The van der Waals surface area contributed by atoms with E-state index in [1.54, 1.807) is 24.2 Å². The number of pyridine rings is 1. The molecule has 0 aliphatic carbocycles. The number of hydrogen-bond acceptors (Lipinski definition) is 4. The molecule has 3 rings (SSSR count). The van der Waals surface area contributed by atoms with Gasteiger partial charge in [0.15, 0.2) is 0 Å². The number of aliphatic imine (C=N–C) groups is 1. The molecular weight excluding hydrogens is 302 g/mol. The molecule has 0 saturated carbocycles. The number of aromatic nitrogens is 1. The first-order valence-corrected chi connectivity index (χ1v) is 8.42. The Kier molecular flexibility index (Phi) is 5.23. The van der Waals surface area contributed by atoms with Gasteiger partial charge in [-0.3, -0.25) is 9.98 Å². The van der Waals surface area contributed by atoms with Crippen molar-refractivity contribution in [3.8, 4) is 5.75 Å². The van der Waals surface area contributed by atoms with Crippen LogP contribution in [0.1, 0.15) is 35.2 Å². The van der Waals surface area contributed by atoms with Gasteiger partial charge in [-0.25, -0.2) is 0 Å². The lowest BCUT2D eigenvalue weighted by molar-refractivity contribution is -0.901. The number of hydrogen-bond donors (Lipinski definition) is 3. The minimum absolute atomic E-state index is 0.0690. The second-order valence-electron chi connectivity index (χ2n) is 6.35. The van der Waals surface area contributed by atoms with Gasteiger partial charge in [0.1, 0.15) is 12.3 Å². The van der Waals surface area contributed by atoms with Crippen molar-refractivity contribution in [3.05, 3.63) is 52.8 Å². The molecule has 1 aromatic heterocycles. The summed E-state index contributed by atoms with van der Waals surface area (Å²) in [6.45, 7) is 5.15. The monoisotopic (exact) mass is 326 g/mol. The van der Waals surface area contributed by atoms with Crippen molar-refractivity contribution in [3.63, 3.8) is 0 Å². The van der Waals surface area contributed by atoms with Gasteiger partial charge in [0, 0.05) is 41.9 Å². The SMILES string of the molecule is Cc1ncc(CO)c(C=Nc2ccc(C[NH+]3CCCC3)cc2)c1O. The number of aliphatic hydroxyl groups is 1. The maximum atomic E-state index is 10.1. The van der Waals surface area contributed by atoms with E-state index in [1.807, 2.05) is 12.1 Å². The minimum Gasteiger partial charge on any atom is -0.505 e. The van der Waals surface area contributed by atoms with E-state index in [1.165, 1.54) is 31.5 Å². The quantitative estimate of drug-likeness (QED) is 0.730.